The molecule has 0 radical (unpaired) electrons. The predicted molar refractivity (Wildman–Crippen MR) is 89.3 cm³/mol. The number of nitrogens with one attached hydrogen (secondary N) is 1. The van der Waals surface area contributed by atoms with Gasteiger partial charge in [0.1, 0.15) is 11.5 Å². The quantitative estimate of drug-likeness (QED) is 0.858. The van der Waals surface area contributed by atoms with Gasteiger partial charge in [0.05, 0.1) is 6.04 Å². The third kappa shape index (κ3) is 4.81. The highest BCUT2D eigenvalue weighted by Gasteiger charge is 2.25. The molecule has 2 rings (SSSR count). The fraction of sp³-hybridized carbons (Fsp3) is 0.600. The number of halogens is 2. The standard InChI is InChI=1S/C15H24N2O.2ClH/c1-11(2)9-14(17-7-5-16-6-8-17)15-10-12(3)13(4)18-15;;/h10,14,16H,1,5-9H2,2-4H3;2*1H/t14-;;/m1../s1. The summed E-state index contributed by atoms with van der Waals surface area (Å²) in [5.74, 6) is 2.13. The predicted octanol–water partition coefficient (Wildman–Crippen LogP) is 3.65. The molecule has 0 bridgehead atoms. The van der Waals surface area contributed by atoms with Gasteiger partial charge in [0.25, 0.3) is 0 Å². The molecule has 0 saturated carbocycles. The zero-order valence-corrected chi connectivity index (χ0v) is 14.2. The van der Waals surface area contributed by atoms with Crippen LogP contribution in [0.5, 0.6) is 0 Å². The first-order valence-electron chi connectivity index (χ1n) is 6.74. The van der Waals surface area contributed by atoms with Crippen molar-refractivity contribution in [3.63, 3.8) is 0 Å². The van der Waals surface area contributed by atoms with Gasteiger partial charge in [0.2, 0.25) is 0 Å². The van der Waals surface area contributed by atoms with Gasteiger partial charge in [-0.05, 0) is 38.8 Å². The summed E-state index contributed by atoms with van der Waals surface area (Å²) < 4.78 is 5.93. The van der Waals surface area contributed by atoms with Crippen molar-refractivity contribution in [3.8, 4) is 0 Å². The van der Waals surface area contributed by atoms with Crippen LogP contribution in [-0.2, 0) is 0 Å². The van der Waals surface area contributed by atoms with Crippen LogP contribution in [0, 0.1) is 13.8 Å². The molecule has 0 amide bonds. The van der Waals surface area contributed by atoms with Gasteiger partial charge in [0, 0.05) is 26.2 Å². The summed E-state index contributed by atoms with van der Waals surface area (Å²) in [4.78, 5) is 2.50. The van der Waals surface area contributed by atoms with Gasteiger partial charge in [-0.25, -0.2) is 0 Å². The molecule has 3 nitrogen and oxygen atoms in total. The monoisotopic (exact) mass is 320 g/mol. The molecule has 0 aliphatic carbocycles. The summed E-state index contributed by atoms with van der Waals surface area (Å²) in [5.41, 5.74) is 2.46. The summed E-state index contributed by atoms with van der Waals surface area (Å²) in [6.07, 6.45) is 0.979. The maximum Gasteiger partial charge on any atom is 0.121 e. The lowest BCUT2D eigenvalue weighted by Crippen LogP contribution is -2.45. The molecule has 116 valence electrons. The van der Waals surface area contributed by atoms with Crippen molar-refractivity contribution >= 4 is 24.8 Å². The minimum atomic E-state index is 0. The van der Waals surface area contributed by atoms with E-state index >= 15 is 0 Å². The van der Waals surface area contributed by atoms with E-state index in [1.54, 1.807) is 0 Å². The van der Waals surface area contributed by atoms with Crippen molar-refractivity contribution in [1.82, 2.24) is 10.2 Å². The highest BCUT2D eigenvalue weighted by atomic mass is 35.5. The zero-order chi connectivity index (χ0) is 13.1. The highest BCUT2D eigenvalue weighted by molar-refractivity contribution is 5.85. The third-order valence-electron chi connectivity index (χ3n) is 3.65. The number of hydrogen-bond acceptors (Lipinski definition) is 3. The molecule has 1 atom stereocenters. The molecule has 0 aromatic carbocycles. The van der Waals surface area contributed by atoms with Crippen molar-refractivity contribution in [3.05, 3.63) is 35.3 Å². The Morgan fingerprint density at radius 2 is 1.95 bits per heavy atom. The Morgan fingerprint density at radius 3 is 2.40 bits per heavy atom. The van der Waals surface area contributed by atoms with Crippen LogP contribution in [0.3, 0.4) is 0 Å². The molecule has 1 aliphatic heterocycles. The minimum absolute atomic E-state index is 0. The number of piperazine rings is 1. The molecule has 2 heterocycles. The first-order chi connectivity index (χ1) is 8.58. The van der Waals surface area contributed by atoms with E-state index in [1.807, 2.05) is 6.92 Å². The van der Waals surface area contributed by atoms with Crippen molar-refractivity contribution in [2.75, 3.05) is 26.2 Å². The topological polar surface area (TPSA) is 28.4 Å². The largest absolute Gasteiger partial charge is 0.464 e. The maximum atomic E-state index is 5.93. The second kappa shape index (κ2) is 8.73. The lowest BCUT2D eigenvalue weighted by atomic mass is 10.0. The van der Waals surface area contributed by atoms with Gasteiger partial charge >= 0.3 is 0 Å². The van der Waals surface area contributed by atoms with E-state index in [-0.39, 0.29) is 24.8 Å². The Morgan fingerprint density at radius 1 is 1.35 bits per heavy atom. The highest BCUT2D eigenvalue weighted by Crippen LogP contribution is 2.30. The molecule has 20 heavy (non-hydrogen) atoms. The van der Waals surface area contributed by atoms with Crippen LogP contribution in [0.15, 0.2) is 22.6 Å². The van der Waals surface area contributed by atoms with Crippen molar-refractivity contribution in [2.24, 2.45) is 0 Å². The van der Waals surface area contributed by atoms with Gasteiger partial charge in [-0.2, -0.15) is 0 Å². The summed E-state index contributed by atoms with van der Waals surface area (Å²) in [6, 6.07) is 2.53. The van der Waals surface area contributed by atoms with E-state index in [0.717, 1.165) is 44.1 Å². The molecule has 0 unspecified atom stereocenters. The lowest BCUT2D eigenvalue weighted by Gasteiger charge is -2.34. The first kappa shape index (κ1) is 19.5. The Balaban J connectivity index is 0.00000180. The van der Waals surface area contributed by atoms with Crippen LogP contribution in [0.1, 0.15) is 36.5 Å². The van der Waals surface area contributed by atoms with E-state index in [2.05, 4.69) is 36.7 Å². The first-order valence-corrected chi connectivity index (χ1v) is 6.74. The van der Waals surface area contributed by atoms with E-state index in [1.165, 1.54) is 11.1 Å². The molecular weight excluding hydrogens is 295 g/mol. The van der Waals surface area contributed by atoms with Gasteiger partial charge in [0.15, 0.2) is 0 Å². The molecule has 1 N–H and O–H groups in total. The molecule has 1 saturated heterocycles. The van der Waals surface area contributed by atoms with Crippen molar-refractivity contribution < 1.29 is 4.42 Å². The van der Waals surface area contributed by atoms with E-state index < -0.39 is 0 Å². The van der Waals surface area contributed by atoms with Crippen LogP contribution >= 0.6 is 24.8 Å². The maximum absolute atomic E-state index is 5.93. The Hall–Kier alpha value is -0.480. The molecule has 0 spiro atoms. The molecular formula is C15H26Cl2N2O. The van der Waals surface area contributed by atoms with Crippen LogP contribution < -0.4 is 5.32 Å². The third-order valence-corrected chi connectivity index (χ3v) is 3.65. The summed E-state index contributed by atoms with van der Waals surface area (Å²) >= 11 is 0. The fourth-order valence-electron chi connectivity index (χ4n) is 2.50. The summed E-state index contributed by atoms with van der Waals surface area (Å²) in [6.45, 7) is 14.6. The Bertz CT molecular complexity index is 406. The van der Waals surface area contributed by atoms with Crippen molar-refractivity contribution in [1.29, 1.82) is 0 Å². The molecule has 5 heteroatoms. The van der Waals surface area contributed by atoms with Gasteiger partial charge in [-0.3, -0.25) is 4.90 Å². The second-order valence-corrected chi connectivity index (χ2v) is 5.35. The van der Waals surface area contributed by atoms with Crippen LogP contribution in [0.2, 0.25) is 0 Å². The Kier molecular flexibility index (Phi) is 8.52. The number of aryl methyl sites for hydroxylation is 2. The summed E-state index contributed by atoms with van der Waals surface area (Å²) in [5, 5.41) is 3.40. The van der Waals surface area contributed by atoms with E-state index in [0.29, 0.717) is 6.04 Å². The van der Waals surface area contributed by atoms with Crippen LogP contribution in [0.4, 0.5) is 0 Å². The van der Waals surface area contributed by atoms with Gasteiger partial charge in [-0.1, -0.05) is 5.57 Å². The lowest BCUT2D eigenvalue weighted by molar-refractivity contribution is 0.152. The van der Waals surface area contributed by atoms with Crippen LogP contribution in [-0.4, -0.2) is 31.1 Å². The Labute approximate surface area is 134 Å². The number of nitrogens with zero attached hydrogens (tertiary/aromatic N) is 1. The van der Waals surface area contributed by atoms with Crippen LogP contribution in [0.25, 0.3) is 0 Å². The van der Waals surface area contributed by atoms with E-state index in [9.17, 15) is 0 Å². The normalized spacial score (nSPS) is 16.9. The molecule has 1 aliphatic rings. The average molecular weight is 321 g/mol. The summed E-state index contributed by atoms with van der Waals surface area (Å²) in [7, 11) is 0. The second-order valence-electron chi connectivity index (χ2n) is 5.35. The molecule has 1 fully saturated rings. The number of furan rings is 1. The number of rotatable bonds is 4. The van der Waals surface area contributed by atoms with Gasteiger partial charge in [-0.15, -0.1) is 31.4 Å². The van der Waals surface area contributed by atoms with Crippen molar-refractivity contribution in [2.45, 2.75) is 33.2 Å². The molecule has 1 aromatic rings. The van der Waals surface area contributed by atoms with E-state index in [4.69, 9.17) is 4.42 Å². The smallest absolute Gasteiger partial charge is 0.121 e. The zero-order valence-electron chi connectivity index (χ0n) is 12.6. The minimum Gasteiger partial charge on any atom is -0.464 e. The fourth-order valence-corrected chi connectivity index (χ4v) is 2.50. The SMILES string of the molecule is C=C(C)C[C@H](c1cc(C)c(C)o1)N1CCNCC1.Cl.Cl. The average Bonchev–Trinajstić information content (AvgIpc) is 2.67. The molecule has 1 aromatic heterocycles. The van der Waals surface area contributed by atoms with Gasteiger partial charge < -0.3 is 9.73 Å². The number of hydrogen-bond donors (Lipinski definition) is 1.